The Bertz CT molecular complexity index is 1400. The minimum Gasteiger partial charge on any atom is -0.338 e. The van der Waals surface area contributed by atoms with Gasteiger partial charge in [-0.3, -0.25) is 4.79 Å². The van der Waals surface area contributed by atoms with Crippen molar-refractivity contribution in [2.75, 3.05) is 17.2 Å². The minimum absolute atomic E-state index is 0.0423. The van der Waals surface area contributed by atoms with Crippen LogP contribution in [0.15, 0.2) is 55.3 Å². The zero-order chi connectivity index (χ0) is 23.8. The number of carbonyl (C=O) groups excluding carboxylic acids is 1. The van der Waals surface area contributed by atoms with E-state index in [1.807, 2.05) is 24.1 Å². The number of nitrogens with zero attached hydrogens (tertiary/aromatic N) is 5. The highest BCUT2D eigenvalue weighted by Crippen LogP contribution is 2.29. The third-order valence-corrected chi connectivity index (χ3v) is 6.27. The zero-order valence-corrected chi connectivity index (χ0v) is 19.6. The molecular formula is C26H27N7O. The summed E-state index contributed by atoms with van der Waals surface area (Å²) in [6.07, 6.45) is 3.99. The Kier molecular flexibility index (Phi) is 5.49. The summed E-state index contributed by atoms with van der Waals surface area (Å²) in [6.45, 7) is 9.03. The summed E-state index contributed by atoms with van der Waals surface area (Å²) < 4.78 is 1.75. The summed E-state index contributed by atoms with van der Waals surface area (Å²) in [4.78, 5) is 23.1. The van der Waals surface area contributed by atoms with E-state index < -0.39 is 0 Å². The maximum absolute atomic E-state index is 12.0. The molecule has 172 valence electrons. The first kappa shape index (κ1) is 21.6. The maximum atomic E-state index is 12.0. The first-order valence-corrected chi connectivity index (χ1v) is 11.3. The molecule has 0 unspecified atom stereocenters. The van der Waals surface area contributed by atoms with Crippen molar-refractivity contribution < 1.29 is 4.79 Å². The predicted molar refractivity (Wildman–Crippen MR) is 135 cm³/mol. The standard InChI is InChI=1S/C26H27N7O/c1-5-22(34)33-12-11-18-9-10-20(13-19(18)15-33)28-26-27-14-21-24(31-32(4)25(21)30-26)29-23-16(2)7-6-8-17(23)3/h5-10,13-14H,1,11-12,15H2,2-4H3,(H,29,31)(H,27,28,30). The van der Waals surface area contributed by atoms with Gasteiger partial charge in [-0.2, -0.15) is 10.1 Å². The van der Waals surface area contributed by atoms with Crippen LogP contribution in [0.4, 0.5) is 23.1 Å². The fourth-order valence-electron chi connectivity index (χ4n) is 4.40. The topological polar surface area (TPSA) is 88.0 Å². The van der Waals surface area contributed by atoms with Gasteiger partial charge < -0.3 is 15.5 Å². The molecule has 2 N–H and O–H groups in total. The maximum Gasteiger partial charge on any atom is 0.246 e. The Labute approximate surface area is 198 Å². The lowest BCUT2D eigenvalue weighted by Gasteiger charge is -2.28. The van der Waals surface area contributed by atoms with Crippen molar-refractivity contribution in [3.63, 3.8) is 0 Å². The van der Waals surface area contributed by atoms with Gasteiger partial charge >= 0.3 is 0 Å². The third-order valence-electron chi connectivity index (χ3n) is 6.27. The van der Waals surface area contributed by atoms with Crippen molar-refractivity contribution in [2.24, 2.45) is 7.05 Å². The van der Waals surface area contributed by atoms with Crippen LogP contribution >= 0.6 is 0 Å². The van der Waals surface area contributed by atoms with Crippen LogP contribution in [0.3, 0.4) is 0 Å². The van der Waals surface area contributed by atoms with E-state index in [2.05, 4.69) is 65.4 Å². The van der Waals surface area contributed by atoms with Crippen molar-refractivity contribution in [3.8, 4) is 0 Å². The van der Waals surface area contributed by atoms with E-state index in [9.17, 15) is 4.79 Å². The molecule has 0 bridgehead atoms. The van der Waals surface area contributed by atoms with Crippen LogP contribution in [0, 0.1) is 13.8 Å². The van der Waals surface area contributed by atoms with E-state index in [1.165, 1.54) is 11.6 Å². The second-order valence-electron chi connectivity index (χ2n) is 8.62. The average molecular weight is 454 g/mol. The first-order valence-electron chi connectivity index (χ1n) is 11.3. The van der Waals surface area contributed by atoms with Gasteiger partial charge in [0.25, 0.3) is 0 Å². The van der Waals surface area contributed by atoms with Gasteiger partial charge in [-0.05, 0) is 60.7 Å². The quantitative estimate of drug-likeness (QED) is 0.432. The molecule has 0 saturated heterocycles. The van der Waals surface area contributed by atoms with Gasteiger partial charge in [-0.25, -0.2) is 9.67 Å². The summed E-state index contributed by atoms with van der Waals surface area (Å²) in [5, 5.41) is 12.2. The van der Waals surface area contributed by atoms with Gasteiger partial charge in [0.1, 0.15) is 0 Å². The summed E-state index contributed by atoms with van der Waals surface area (Å²) >= 11 is 0. The number of rotatable bonds is 5. The van der Waals surface area contributed by atoms with Crippen molar-refractivity contribution in [1.82, 2.24) is 24.6 Å². The van der Waals surface area contributed by atoms with Crippen LogP contribution < -0.4 is 10.6 Å². The largest absolute Gasteiger partial charge is 0.338 e. The number of carbonyl (C=O) groups is 1. The Hall–Kier alpha value is -4.20. The highest BCUT2D eigenvalue weighted by Gasteiger charge is 2.19. The van der Waals surface area contributed by atoms with Crippen molar-refractivity contribution in [1.29, 1.82) is 0 Å². The number of amides is 1. The molecule has 1 aliphatic heterocycles. The number of hydrogen-bond acceptors (Lipinski definition) is 6. The lowest BCUT2D eigenvalue weighted by Crippen LogP contribution is -2.34. The molecule has 2 aromatic heterocycles. The SMILES string of the molecule is C=CC(=O)N1CCc2ccc(Nc3ncc4c(Nc5c(C)cccc5C)nn(C)c4n3)cc2C1. The molecule has 0 spiro atoms. The smallest absolute Gasteiger partial charge is 0.246 e. The molecule has 1 amide bonds. The van der Waals surface area contributed by atoms with E-state index >= 15 is 0 Å². The summed E-state index contributed by atoms with van der Waals surface area (Å²) in [6, 6.07) is 12.4. The minimum atomic E-state index is -0.0423. The van der Waals surface area contributed by atoms with Crippen molar-refractivity contribution in [3.05, 3.63) is 77.5 Å². The van der Waals surface area contributed by atoms with Gasteiger partial charge in [-0.1, -0.05) is 30.8 Å². The van der Waals surface area contributed by atoms with E-state index in [4.69, 9.17) is 4.98 Å². The fraction of sp³-hybridized carbons (Fsp3) is 0.231. The second-order valence-corrected chi connectivity index (χ2v) is 8.62. The van der Waals surface area contributed by atoms with Gasteiger partial charge in [0.2, 0.25) is 11.9 Å². The number of nitrogens with one attached hydrogen (secondary N) is 2. The molecule has 0 saturated carbocycles. The summed E-state index contributed by atoms with van der Waals surface area (Å²) in [5.74, 6) is 1.17. The van der Waals surface area contributed by atoms with Crippen LogP contribution in [0.1, 0.15) is 22.3 Å². The number of aryl methyl sites for hydroxylation is 3. The molecule has 8 nitrogen and oxygen atoms in total. The third kappa shape index (κ3) is 3.98. The molecule has 5 rings (SSSR count). The average Bonchev–Trinajstić information content (AvgIpc) is 3.15. The molecular weight excluding hydrogens is 426 g/mol. The monoisotopic (exact) mass is 453 g/mol. The van der Waals surface area contributed by atoms with Gasteiger partial charge in [0.05, 0.1) is 5.39 Å². The van der Waals surface area contributed by atoms with E-state index in [0.29, 0.717) is 19.0 Å². The fourth-order valence-corrected chi connectivity index (χ4v) is 4.40. The number of anilines is 4. The summed E-state index contributed by atoms with van der Waals surface area (Å²) in [7, 11) is 1.87. The van der Waals surface area contributed by atoms with Gasteiger partial charge in [0.15, 0.2) is 11.5 Å². The van der Waals surface area contributed by atoms with Crippen LogP contribution in [0.25, 0.3) is 11.0 Å². The zero-order valence-electron chi connectivity index (χ0n) is 19.6. The van der Waals surface area contributed by atoms with Crippen LogP contribution in [-0.4, -0.2) is 37.1 Å². The lowest BCUT2D eigenvalue weighted by atomic mass is 9.99. The number of benzene rings is 2. The van der Waals surface area contributed by atoms with Crippen LogP contribution in [0.5, 0.6) is 0 Å². The molecule has 8 heteroatoms. The van der Waals surface area contributed by atoms with Gasteiger partial charge in [0, 0.05) is 37.7 Å². The van der Waals surface area contributed by atoms with Crippen molar-refractivity contribution >= 4 is 40.1 Å². The number of para-hydroxylation sites is 1. The molecule has 3 heterocycles. The summed E-state index contributed by atoms with van der Waals surface area (Å²) in [5.41, 5.74) is 7.33. The van der Waals surface area contributed by atoms with E-state index in [-0.39, 0.29) is 5.91 Å². The Morgan fingerprint density at radius 1 is 1.12 bits per heavy atom. The normalized spacial score (nSPS) is 13.0. The van der Waals surface area contributed by atoms with Gasteiger partial charge in [-0.15, -0.1) is 0 Å². The second kappa shape index (κ2) is 8.62. The molecule has 0 aliphatic carbocycles. The van der Waals surface area contributed by atoms with E-state index in [1.54, 1.807) is 10.9 Å². The number of aromatic nitrogens is 4. The Morgan fingerprint density at radius 3 is 2.68 bits per heavy atom. The van der Waals surface area contributed by atoms with E-state index in [0.717, 1.165) is 51.3 Å². The predicted octanol–water partition coefficient (Wildman–Crippen LogP) is 4.54. The molecule has 0 fully saturated rings. The highest BCUT2D eigenvalue weighted by atomic mass is 16.2. The molecule has 4 aromatic rings. The molecule has 1 aliphatic rings. The molecule has 34 heavy (non-hydrogen) atoms. The van der Waals surface area contributed by atoms with Crippen LogP contribution in [-0.2, 0) is 24.8 Å². The highest BCUT2D eigenvalue weighted by molar-refractivity contribution is 5.90. The Morgan fingerprint density at radius 2 is 1.91 bits per heavy atom. The number of fused-ring (bicyclic) bond motifs is 2. The number of hydrogen-bond donors (Lipinski definition) is 2. The first-order chi connectivity index (χ1) is 16.4. The molecule has 2 aromatic carbocycles. The Balaban J connectivity index is 1.40. The molecule has 0 atom stereocenters. The van der Waals surface area contributed by atoms with Crippen molar-refractivity contribution in [2.45, 2.75) is 26.8 Å². The molecule has 0 radical (unpaired) electrons. The van der Waals surface area contributed by atoms with Crippen LogP contribution in [0.2, 0.25) is 0 Å². The lowest BCUT2D eigenvalue weighted by molar-refractivity contribution is -0.126.